The Kier molecular flexibility index (Phi) is 11.2. The highest BCUT2D eigenvalue weighted by atomic mass is 16.4. The van der Waals surface area contributed by atoms with E-state index in [1.807, 2.05) is 0 Å². The molecule has 0 aromatic heterocycles. The monoisotopic (exact) mass is 480 g/mol. The van der Waals surface area contributed by atoms with Gasteiger partial charge in [0.25, 0.3) is 0 Å². The third kappa shape index (κ3) is 10.1. The fourth-order valence-electron chi connectivity index (χ4n) is 2.80. The summed E-state index contributed by atoms with van der Waals surface area (Å²) in [5.41, 5.74) is 6.19. The summed E-state index contributed by atoms with van der Waals surface area (Å²) in [6.07, 6.45) is -1.57. The van der Waals surface area contributed by atoms with Gasteiger partial charge in [0.15, 0.2) is 0 Å². The van der Waals surface area contributed by atoms with Crippen LogP contribution in [0.25, 0.3) is 0 Å². The molecular weight excluding hydrogens is 452 g/mol. The summed E-state index contributed by atoms with van der Waals surface area (Å²) in [6, 6.07) is 3.03. The molecule has 0 bridgehead atoms. The van der Waals surface area contributed by atoms with E-state index in [9.17, 15) is 28.8 Å². The van der Waals surface area contributed by atoms with Crippen LogP contribution in [-0.2, 0) is 35.2 Å². The molecule has 8 N–H and O–H groups in total. The Labute approximate surface area is 194 Å². The lowest BCUT2D eigenvalue weighted by atomic mass is 10.0. The molecule has 3 amide bonds. The van der Waals surface area contributed by atoms with Crippen molar-refractivity contribution < 1.29 is 44.1 Å². The molecule has 34 heavy (non-hydrogen) atoms. The fraction of sp³-hybridized carbons (Fsp3) is 0.429. The first-order valence-corrected chi connectivity index (χ1v) is 10.3. The third-order valence-corrected chi connectivity index (χ3v) is 4.66. The maximum absolute atomic E-state index is 13.0. The van der Waals surface area contributed by atoms with Crippen molar-refractivity contribution in [2.24, 2.45) is 5.73 Å². The first-order valence-electron chi connectivity index (χ1n) is 10.3. The van der Waals surface area contributed by atoms with Gasteiger partial charge in [-0.05, 0) is 18.9 Å². The maximum Gasteiger partial charge on any atom is 0.325 e. The molecule has 0 heterocycles. The van der Waals surface area contributed by atoms with E-state index in [0.717, 1.165) is 0 Å². The van der Waals surface area contributed by atoms with Crippen molar-refractivity contribution in [1.29, 1.82) is 0 Å². The van der Waals surface area contributed by atoms with E-state index in [0.29, 0.717) is 5.56 Å². The summed E-state index contributed by atoms with van der Waals surface area (Å²) < 4.78 is 0. The van der Waals surface area contributed by atoms with Gasteiger partial charge in [0.05, 0.1) is 12.5 Å². The van der Waals surface area contributed by atoms with Crippen LogP contribution in [0.1, 0.15) is 31.7 Å². The van der Waals surface area contributed by atoms with Gasteiger partial charge in [-0.1, -0.05) is 30.3 Å². The number of hydrogen-bond acceptors (Lipinski definition) is 7. The number of nitrogens with one attached hydrogen (secondary N) is 3. The zero-order chi connectivity index (χ0) is 25.8. The number of benzene rings is 1. The number of rotatable bonds is 14. The van der Waals surface area contributed by atoms with Crippen LogP contribution in [0.4, 0.5) is 0 Å². The summed E-state index contributed by atoms with van der Waals surface area (Å²) >= 11 is 0. The topological polar surface area (TPSA) is 225 Å². The number of nitrogens with two attached hydrogens (primary N) is 1. The van der Waals surface area contributed by atoms with Crippen LogP contribution >= 0.6 is 0 Å². The van der Waals surface area contributed by atoms with Gasteiger partial charge in [-0.15, -0.1) is 0 Å². The van der Waals surface area contributed by atoms with Crippen LogP contribution in [0.5, 0.6) is 0 Å². The van der Waals surface area contributed by atoms with Crippen LogP contribution in [0, 0.1) is 0 Å². The molecule has 4 unspecified atom stereocenters. The van der Waals surface area contributed by atoms with Crippen molar-refractivity contribution in [2.75, 3.05) is 0 Å². The van der Waals surface area contributed by atoms with Gasteiger partial charge in [-0.3, -0.25) is 28.8 Å². The Balaban J connectivity index is 3.08. The van der Waals surface area contributed by atoms with E-state index < -0.39 is 72.6 Å². The SMILES string of the molecule is CC(NC(=O)C(CCC(=O)O)NC(=O)C(Cc1ccccc1)NC(=O)C(N)CC(=O)O)C(=O)O. The minimum absolute atomic E-state index is 0.0446. The van der Waals surface area contributed by atoms with Gasteiger partial charge in [0, 0.05) is 12.8 Å². The van der Waals surface area contributed by atoms with Crippen LogP contribution in [0.3, 0.4) is 0 Å². The number of carbonyl (C=O) groups excluding carboxylic acids is 3. The summed E-state index contributed by atoms with van der Waals surface area (Å²) in [4.78, 5) is 70.6. The minimum atomic E-state index is -1.44. The van der Waals surface area contributed by atoms with E-state index in [1.165, 1.54) is 6.92 Å². The highest BCUT2D eigenvalue weighted by Gasteiger charge is 2.30. The van der Waals surface area contributed by atoms with E-state index in [-0.39, 0.29) is 12.8 Å². The van der Waals surface area contributed by atoms with Crippen molar-refractivity contribution >= 4 is 35.6 Å². The molecule has 1 aromatic rings. The molecule has 1 aromatic carbocycles. The van der Waals surface area contributed by atoms with Gasteiger partial charge < -0.3 is 37.0 Å². The highest BCUT2D eigenvalue weighted by molar-refractivity contribution is 5.95. The number of aliphatic carboxylic acids is 3. The zero-order valence-electron chi connectivity index (χ0n) is 18.4. The molecule has 0 fully saturated rings. The largest absolute Gasteiger partial charge is 0.481 e. The fourth-order valence-corrected chi connectivity index (χ4v) is 2.80. The lowest BCUT2D eigenvalue weighted by Gasteiger charge is -2.24. The Morgan fingerprint density at radius 1 is 0.824 bits per heavy atom. The van der Waals surface area contributed by atoms with Crippen LogP contribution in [0.2, 0.25) is 0 Å². The van der Waals surface area contributed by atoms with Crippen molar-refractivity contribution in [3.63, 3.8) is 0 Å². The molecule has 0 aliphatic heterocycles. The second-order valence-corrected chi connectivity index (χ2v) is 7.52. The standard InChI is InChI=1S/C21H28N4O9/c1-11(21(33)34)23-19(31)14(7-8-16(26)27)24-20(32)15(9-12-5-3-2-4-6-12)25-18(30)13(22)10-17(28)29/h2-6,11,13-15H,7-10,22H2,1H3,(H,23,31)(H,24,32)(H,25,30)(H,26,27)(H,28,29)(H,33,34). The molecular formula is C21H28N4O9. The molecule has 0 spiro atoms. The second kappa shape index (κ2) is 13.5. The maximum atomic E-state index is 13.0. The molecule has 4 atom stereocenters. The van der Waals surface area contributed by atoms with Crippen molar-refractivity contribution in [3.8, 4) is 0 Å². The van der Waals surface area contributed by atoms with Crippen molar-refractivity contribution in [3.05, 3.63) is 35.9 Å². The number of carboxylic acids is 3. The lowest BCUT2D eigenvalue weighted by Crippen LogP contribution is -2.57. The van der Waals surface area contributed by atoms with Crippen molar-refractivity contribution in [1.82, 2.24) is 16.0 Å². The summed E-state index contributed by atoms with van der Waals surface area (Å²) in [5.74, 6) is -6.59. The summed E-state index contributed by atoms with van der Waals surface area (Å²) in [5, 5.41) is 33.6. The number of amides is 3. The number of hydrogen-bond donors (Lipinski definition) is 7. The minimum Gasteiger partial charge on any atom is -0.481 e. The predicted molar refractivity (Wildman–Crippen MR) is 116 cm³/mol. The van der Waals surface area contributed by atoms with Crippen molar-refractivity contribution in [2.45, 2.75) is 56.8 Å². The van der Waals surface area contributed by atoms with Gasteiger partial charge in [-0.25, -0.2) is 0 Å². The van der Waals surface area contributed by atoms with E-state index in [1.54, 1.807) is 30.3 Å². The molecule has 0 radical (unpaired) electrons. The Morgan fingerprint density at radius 2 is 1.38 bits per heavy atom. The number of carboxylic acid groups (broad SMARTS) is 3. The quantitative estimate of drug-likeness (QED) is 0.162. The lowest BCUT2D eigenvalue weighted by molar-refractivity contribution is -0.142. The first kappa shape index (κ1) is 28.0. The molecule has 186 valence electrons. The zero-order valence-corrected chi connectivity index (χ0v) is 18.4. The first-order chi connectivity index (χ1) is 15.9. The third-order valence-electron chi connectivity index (χ3n) is 4.66. The molecule has 0 saturated carbocycles. The molecule has 0 aliphatic carbocycles. The van der Waals surface area contributed by atoms with E-state index in [4.69, 9.17) is 21.1 Å². The van der Waals surface area contributed by atoms with E-state index in [2.05, 4.69) is 16.0 Å². The second-order valence-electron chi connectivity index (χ2n) is 7.52. The van der Waals surface area contributed by atoms with Gasteiger partial charge in [0.2, 0.25) is 17.7 Å². The average Bonchev–Trinajstić information content (AvgIpc) is 2.75. The highest BCUT2D eigenvalue weighted by Crippen LogP contribution is 2.07. The summed E-state index contributed by atoms with van der Waals surface area (Å²) in [7, 11) is 0. The van der Waals surface area contributed by atoms with Crippen LogP contribution in [-0.4, -0.2) is 75.1 Å². The Morgan fingerprint density at radius 3 is 1.91 bits per heavy atom. The Bertz CT molecular complexity index is 907. The molecule has 13 nitrogen and oxygen atoms in total. The van der Waals surface area contributed by atoms with Crippen LogP contribution in [0.15, 0.2) is 30.3 Å². The average molecular weight is 480 g/mol. The normalized spacial score (nSPS) is 14.1. The van der Waals surface area contributed by atoms with E-state index >= 15 is 0 Å². The summed E-state index contributed by atoms with van der Waals surface area (Å²) in [6.45, 7) is 1.19. The van der Waals surface area contributed by atoms with Gasteiger partial charge in [0.1, 0.15) is 18.1 Å². The molecule has 13 heteroatoms. The van der Waals surface area contributed by atoms with Crippen LogP contribution < -0.4 is 21.7 Å². The molecule has 0 saturated heterocycles. The predicted octanol–water partition coefficient (Wildman–Crippen LogP) is -1.55. The van der Waals surface area contributed by atoms with Gasteiger partial charge in [-0.2, -0.15) is 0 Å². The molecule has 1 rings (SSSR count). The Hall–Kier alpha value is -4.00. The van der Waals surface area contributed by atoms with Gasteiger partial charge >= 0.3 is 17.9 Å². The number of carbonyl (C=O) groups is 6. The molecule has 0 aliphatic rings. The smallest absolute Gasteiger partial charge is 0.325 e.